The van der Waals surface area contributed by atoms with Crippen molar-refractivity contribution in [2.24, 2.45) is 5.92 Å². The summed E-state index contributed by atoms with van der Waals surface area (Å²) in [5.41, 5.74) is 1.08. The largest absolute Gasteiger partial charge is 0.493 e. The Bertz CT molecular complexity index is 675. The molecule has 6 heteroatoms. The number of amides is 2. The molecule has 2 aliphatic heterocycles. The number of ether oxygens (including phenoxy) is 2. The molecule has 6 nitrogen and oxygen atoms in total. The number of piperidine rings is 1. The Kier molecular flexibility index (Phi) is 7.18. The lowest BCUT2D eigenvalue weighted by Gasteiger charge is -2.34. The minimum Gasteiger partial charge on any atom is -0.493 e. The van der Waals surface area contributed by atoms with Gasteiger partial charge in [-0.25, -0.2) is 0 Å². The van der Waals surface area contributed by atoms with Gasteiger partial charge in [-0.2, -0.15) is 0 Å². The molecule has 0 saturated carbocycles. The Morgan fingerprint density at radius 3 is 2.29 bits per heavy atom. The molecular formula is C22H32N2O4. The van der Waals surface area contributed by atoms with Gasteiger partial charge >= 0.3 is 0 Å². The molecule has 1 aromatic carbocycles. The maximum atomic E-state index is 12.8. The lowest BCUT2D eigenvalue weighted by atomic mass is 9.95. The van der Waals surface area contributed by atoms with Crippen molar-refractivity contribution < 1.29 is 19.1 Å². The zero-order valence-electron chi connectivity index (χ0n) is 17.1. The van der Waals surface area contributed by atoms with E-state index in [1.807, 2.05) is 34.9 Å². The Hall–Kier alpha value is -2.24. The van der Waals surface area contributed by atoms with Crippen LogP contribution in [0.1, 0.15) is 44.1 Å². The van der Waals surface area contributed by atoms with Crippen molar-refractivity contribution in [1.29, 1.82) is 0 Å². The molecular weight excluding hydrogens is 356 g/mol. The van der Waals surface area contributed by atoms with Crippen LogP contribution in [0.15, 0.2) is 18.2 Å². The molecule has 2 heterocycles. The van der Waals surface area contributed by atoms with Crippen LogP contribution in [-0.2, 0) is 9.59 Å². The van der Waals surface area contributed by atoms with Crippen molar-refractivity contribution in [3.05, 3.63) is 23.8 Å². The third kappa shape index (κ3) is 5.18. The van der Waals surface area contributed by atoms with E-state index in [0.717, 1.165) is 44.3 Å². The third-order valence-electron chi connectivity index (χ3n) is 5.78. The van der Waals surface area contributed by atoms with Crippen molar-refractivity contribution in [3.8, 4) is 11.5 Å². The van der Waals surface area contributed by atoms with Crippen LogP contribution in [0, 0.1) is 12.8 Å². The third-order valence-corrected chi connectivity index (χ3v) is 5.78. The first-order valence-electron chi connectivity index (χ1n) is 10.4. The van der Waals surface area contributed by atoms with Gasteiger partial charge in [-0.1, -0.05) is 18.9 Å². The molecule has 0 aromatic heterocycles. The fourth-order valence-electron chi connectivity index (χ4n) is 4.05. The summed E-state index contributed by atoms with van der Waals surface area (Å²) in [5.74, 6) is 1.51. The predicted octanol–water partition coefficient (Wildman–Crippen LogP) is 3.02. The van der Waals surface area contributed by atoms with Crippen LogP contribution in [0.5, 0.6) is 11.5 Å². The van der Waals surface area contributed by atoms with E-state index < -0.39 is 0 Å². The summed E-state index contributed by atoms with van der Waals surface area (Å²) in [6.45, 7) is 5.00. The van der Waals surface area contributed by atoms with Gasteiger partial charge in [-0.3, -0.25) is 9.59 Å². The molecule has 0 radical (unpaired) electrons. The van der Waals surface area contributed by atoms with E-state index in [-0.39, 0.29) is 24.3 Å². The highest BCUT2D eigenvalue weighted by molar-refractivity contribution is 5.80. The monoisotopic (exact) mass is 388 g/mol. The van der Waals surface area contributed by atoms with Gasteiger partial charge in [0.2, 0.25) is 5.91 Å². The Morgan fingerprint density at radius 1 is 0.964 bits per heavy atom. The van der Waals surface area contributed by atoms with Gasteiger partial charge in [0.15, 0.2) is 18.1 Å². The minimum absolute atomic E-state index is 0.00976. The van der Waals surface area contributed by atoms with Crippen LogP contribution in [0.25, 0.3) is 0 Å². The van der Waals surface area contributed by atoms with Crippen LogP contribution in [0.2, 0.25) is 0 Å². The first-order valence-corrected chi connectivity index (χ1v) is 10.4. The quantitative estimate of drug-likeness (QED) is 0.778. The summed E-state index contributed by atoms with van der Waals surface area (Å²) in [4.78, 5) is 29.2. The second-order valence-electron chi connectivity index (χ2n) is 7.84. The van der Waals surface area contributed by atoms with E-state index in [4.69, 9.17) is 9.47 Å². The topological polar surface area (TPSA) is 59.1 Å². The van der Waals surface area contributed by atoms with Gasteiger partial charge in [-0.05, 0) is 50.3 Å². The van der Waals surface area contributed by atoms with Crippen molar-refractivity contribution in [3.63, 3.8) is 0 Å². The van der Waals surface area contributed by atoms with Crippen molar-refractivity contribution in [1.82, 2.24) is 9.80 Å². The van der Waals surface area contributed by atoms with E-state index in [1.165, 1.54) is 12.8 Å². The molecule has 154 valence electrons. The summed E-state index contributed by atoms with van der Waals surface area (Å²) in [7, 11) is 1.59. The molecule has 3 rings (SSSR count). The molecule has 0 unspecified atom stereocenters. The van der Waals surface area contributed by atoms with E-state index in [1.54, 1.807) is 7.11 Å². The number of hydrogen-bond donors (Lipinski definition) is 0. The summed E-state index contributed by atoms with van der Waals surface area (Å²) in [6.07, 6.45) is 6.17. The number of hydrogen-bond acceptors (Lipinski definition) is 4. The molecule has 2 fully saturated rings. The maximum absolute atomic E-state index is 12.8. The molecule has 28 heavy (non-hydrogen) atoms. The van der Waals surface area contributed by atoms with Gasteiger partial charge < -0.3 is 19.3 Å². The number of nitrogens with zero attached hydrogens (tertiary/aromatic N) is 2. The standard InChI is InChI=1S/C22H32N2O4/c1-17-7-8-19(20(15-17)27-2)28-16-21(25)23-13-9-18(10-14-23)22(26)24-11-5-3-4-6-12-24/h7-8,15,18H,3-6,9-14,16H2,1-2H3. The summed E-state index contributed by atoms with van der Waals surface area (Å²) in [6, 6.07) is 5.65. The zero-order valence-corrected chi connectivity index (χ0v) is 17.1. The molecule has 2 saturated heterocycles. The number of methoxy groups -OCH3 is 1. The fourth-order valence-corrected chi connectivity index (χ4v) is 4.05. The molecule has 0 bridgehead atoms. The van der Waals surface area contributed by atoms with Crippen molar-refractivity contribution in [2.75, 3.05) is 39.9 Å². The molecule has 2 aliphatic rings. The first-order chi connectivity index (χ1) is 13.6. The van der Waals surface area contributed by atoms with Gasteiger partial charge in [0, 0.05) is 32.1 Å². The lowest BCUT2D eigenvalue weighted by molar-refractivity contribution is -0.141. The van der Waals surface area contributed by atoms with Crippen molar-refractivity contribution >= 4 is 11.8 Å². The van der Waals surface area contributed by atoms with Crippen LogP contribution in [0.4, 0.5) is 0 Å². The highest BCUT2D eigenvalue weighted by atomic mass is 16.5. The highest BCUT2D eigenvalue weighted by Crippen LogP contribution is 2.28. The predicted molar refractivity (Wildman–Crippen MR) is 108 cm³/mol. The average molecular weight is 389 g/mol. The molecule has 0 atom stereocenters. The Balaban J connectivity index is 1.46. The van der Waals surface area contributed by atoms with Gasteiger partial charge in [0.05, 0.1) is 7.11 Å². The smallest absolute Gasteiger partial charge is 0.260 e. The summed E-state index contributed by atoms with van der Waals surface area (Å²) in [5, 5.41) is 0. The number of rotatable bonds is 5. The van der Waals surface area contributed by atoms with Crippen LogP contribution < -0.4 is 9.47 Å². The number of likely N-dealkylation sites (tertiary alicyclic amines) is 2. The van der Waals surface area contributed by atoms with Crippen LogP contribution >= 0.6 is 0 Å². The summed E-state index contributed by atoms with van der Waals surface area (Å²) < 4.78 is 11.0. The summed E-state index contributed by atoms with van der Waals surface area (Å²) >= 11 is 0. The fraction of sp³-hybridized carbons (Fsp3) is 0.636. The normalized spacial score (nSPS) is 18.5. The van der Waals surface area contributed by atoms with Gasteiger partial charge in [0.1, 0.15) is 0 Å². The van der Waals surface area contributed by atoms with E-state index in [0.29, 0.717) is 24.6 Å². The second-order valence-corrected chi connectivity index (χ2v) is 7.84. The van der Waals surface area contributed by atoms with Gasteiger partial charge in [-0.15, -0.1) is 0 Å². The first kappa shape index (κ1) is 20.5. The molecule has 1 aromatic rings. The van der Waals surface area contributed by atoms with E-state index in [2.05, 4.69) is 0 Å². The lowest BCUT2D eigenvalue weighted by Crippen LogP contribution is -2.45. The number of aryl methyl sites for hydroxylation is 1. The average Bonchev–Trinajstić information content (AvgIpc) is 3.01. The molecule has 0 spiro atoms. The molecule has 0 aliphatic carbocycles. The number of carbonyl (C=O) groups is 2. The molecule has 2 amide bonds. The van der Waals surface area contributed by atoms with Crippen LogP contribution in [-0.4, -0.2) is 61.5 Å². The zero-order chi connectivity index (χ0) is 19.9. The van der Waals surface area contributed by atoms with E-state index in [9.17, 15) is 9.59 Å². The molecule has 0 N–H and O–H groups in total. The van der Waals surface area contributed by atoms with Crippen molar-refractivity contribution in [2.45, 2.75) is 45.4 Å². The number of benzene rings is 1. The Labute approximate surface area is 167 Å². The Morgan fingerprint density at radius 2 is 1.64 bits per heavy atom. The van der Waals surface area contributed by atoms with Gasteiger partial charge in [0.25, 0.3) is 5.91 Å². The highest BCUT2D eigenvalue weighted by Gasteiger charge is 2.30. The maximum Gasteiger partial charge on any atom is 0.260 e. The minimum atomic E-state index is -0.0386. The van der Waals surface area contributed by atoms with E-state index >= 15 is 0 Å². The van der Waals surface area contributed by atoms with Crippen LogP contribution in [0.3, 0.4) is 0 Å². The second kappa shape index (κ2) is 9.80. The SMILES string of the molecule is COc1cc(C)ccc1OCC(=O)N1CCC(C(=O)N2CCCCCC2)CC1. The number of carbonyl (C=O) groups excluding carboxylic acids is 2.